The minimum Gasteiger partial charge on any atom is -0.342 e. The fourth-order valence-corrected chi connectivity index (χ4v) is 2.99. The molecule has 3 amide bonds. The predicted molar refractivity (Wildman–Crippen MR) is 87.0 cm³/mol. The maximum Gasteiger partial charge on any atom is 0.294 e. The minimum atomic E-state index is -0.403. The van der Waals surface area contributed by atoms with E-state index in [1.54, 1.807) is 11.0 Å². The van der Waals surface area contributed by atoms with Crippen LogP contribution in [0.25, 0.3) is 6.08 Å². The van der Waals surface area contributed by atoms with Gasteiger partial charge in [-0.15, -0.1) is 0 Å². The SMILES string of the molecule is CCN(CC)C(=O)CN1C(=O)S/C(=C/c2ccccc2)C1=O. The minimum absolute atomic E-state index is 0.196. The van der Waals surface area contributed by atoms with Gasteiger partial charge < -0.3 is 4.90 Å². The first-order valence-electron chi connectivity index (χ1n) is 7.15. The number of imide groups is 1. The van der Waals surface area contributed by atoms with Gasteiger partial charge in [0.2, 0.25) is 5.91 Å². The van der Waals surface area contributed by atoms with Crippen LogP contribution in [0.4, 0.5) is 4.79 Å². The lowest BCUT2D eigenvalue weighted by Gasteiger charge is -2.21. The van der Waals surface area contributed by atoms with Crippen molar-refractivity contribution in [2.24, 2.45) is 0 Å². The molecular formula is C16H18N2O3S. The van der Waals surface area contributed by atoms with Gasteiger partial charge in [0.1, 0.15) is 6.54 Å². The van der Waals surface area contributed by atoms with E-state index in [1.165, 1.54) is 0 Å². The number of likely N-dealkylation sites (N-methyl/N-ethyl adjacent to an activating group) is 1. The van der Waals surface area contributed by atoms with Crippen LogP contribution in [0.5, 0.6) is 0 Å². The van der Waals surface area contributed by atoms with Crippen molar-refractivity contribution in [3.8, 4) is 0 Å². The molecule has 0 N–H and O–H groups in total. The van der Waals surface area contributed by atoms with Crippen LogP contribution in [-0.4, -0.2) is 46.5 Å². The second-order valence-electron chi connectivity index (χ2n) is 4.74. The summed E-state index contributed by atoms with van der Waals surface area (Å²) in [5.41, 5.74) is 0.850. The van der Waals surface area contributed by atoms with E-state index in [-0.39, 0.29) is 12.5 Å². The number of hydrogen-bond donors (Lipinski definition) is 0. The van der Waals surface area contributed by atoms with E-state index in [0.717, 1.165) is 22.2 Å². The highest BCUT2D eigenvalue weighted by Gasteiger charge is 2.36. The first-order chi connectivity index (χ1) is 10.6. The molecule has 5 nitrogen and oxygen atoms in total. The zero-order chi connectivity index (χ0) is 16.1. The molecule has 2 rings (SSSR count). The Labute approximate surface area is 134 Å². The summed E-state index contributed by atoms with van der Waals surface area (Å²) in [7, 11) is 0. The molecule has 1 aromatic carbocycles. The maximum absolute atomic E-state index is 12.3. The number of rotatable bonds is 5. The molecule has 6 heteroatoms. The Morgan fingerprint density at radius 3 is 2.41 bits per heavy atom. The number of nitrogens with zero attached hydrogens (tertiary/aromatic N) is 2. The Morgan fingerprint density at radius 1 is 1.18 bits per heavy atom. The second-order valence-corrected chi connectivity index (χ2v) is 5.74. The van der Waals surface area contributed by atoms with Crippen molar-refractivity contribution in [2.75, 3.05) is 19.6 Å². The molecule has 0 aliphatic carbocycles. The Bertz CT molecular complexity index is 609. The third-order valence-corrected chi connectivity index (χ3v) is 4.29. The van der Waals surface area contributed by atoms with Crippen molar-refractivity contribution in [3.63, 3.8) is 0 Å². The zero-order valence-corrected chi connectivity index (χ0v) is 13.4. The Morgan fingerprint density at radius 2 is 1.82 bits per heavy atom. The van der Waals surface area contributed by atoms with Crippen molar-refractivity contribution in [1.29, 1.82) is 0 Å². The van der Waals surface area contributed by atoms with E-state index in [1.807, 2.05) is 44.2 Å². The van der Waals surface area contributed by atoms with Crippen LogP contribution >= 0.6 is 11.8 Å². The van der Waals surface area contributed by atoms with E-state index in [0.29, 0.717) is 18.0 Å². The largest absolute Gasteiger partial charge is 0.342 e. The first-order valence-corrected chi connectivity index (χ1v) is 7.96. The van der Waals surface area contributed by atoms with Gasteiger partial charge in [0.25, 0.3) is 11.1 Å². The highest BCUT2D eigenvalue weighted by atomic mass is 32.2. The summed E-state index contributed by atoms with van der Waals surface area (Å²) in [6.07, 6.45) is 1.67. The average Bonchev–Trinajstić information content (AvgIpc) is 2.77. The lowest BCUT2D eigenvalue weighted by molar-refractivity contribution is -0.135. The normalized spacial score (nSPS) is 16.5. The lowest BCUT2D eigenvalue weighted by atomic mass is 10.2. The molecule has 0 saturated carbocycles. The van der Waals surface area contributed by atoms with Crippen molar-refractivity contribution < 1.29 is 14.4 Å². The lowest BCUT2D eigenvalue weighted by Crippen LogP contribution is -2.41. The second kappa shape index (κ2) is 7.26. The third-order valence-electron chi connectivity index (χ3n) is 3.38. The number of thioether (sulfide) groups is 1. The van der Waals surface area contributed by atoms with Gasteiger partial charge in [0.05, 0.1) is 4.91 Å². The molecule has 1 heterocycles. The van der Waals surface area contributed by atoms with Crippen molar-refractivity contribution >= 4 is 34.9 Å². The number of hydrogen-bond acceptors (Lipinski definition) is 4. The van der Waals surface area contributed by atoms with Crippen LogP contribution in [-0.2, 0) is 9.59 Å². The maximum atomic E-state index is 12.3. The first kappa shape index (κ1) is 16.3. The van der Waals surface area contributed by atoms with Crippen LogP contribution < -0.4 is 0 Å². The van der Waals surface area contributed by atoms with Gasteiger partial charge >= 0.3 is 0 Å². The fraction of sp³-hybridized carbons (Fsp3) is 0.312. The molecule has 0 bridgehead atoms. The number of benzene rings is 1. The van der Waals surface area contributed by atoms with Gasteiger partial charge in [-0.25, -0.2) is 0 Å². The Kier molecular flexibility index (Phi) is 5.38. The van der Waals surface area contributed by atoms with E-state index in [2.05, 4.69) is 0 Å². The van der Waals surface area contributed by atoms with Crippen LogP contribution in [0.15, 0.2) is 35.2 Å². The van der Waals surface area contributed by atoms with Crippen LogP contribution in [0.2, 0.25) is 0 Å². The molecule has 1 saturated heterocycles. The summed E-state index contributed by atoms with van der Waals surface area (Å²) < 4.78 is 0. The molecule has 22 heavy (non-hydrogen) atoms. The molecule has 0 aromatic heterocycles. The highest BCUT2D eigenvalue weighted by molar-refractivity contribution is 8.18. The van der Waals surface area contributed by atoms with Gasteiger partial charge in [-0.3, -0.25) is 19.3 Å². The molecule has 0 atom stereocenters. The van der Waals surface area contributed by atoms with E-state index in [9.17, 15) is 14.4 Å². The molecular weight excluding hydrogens is 300 g/mol. The summed E-state index contributed by atoms with van der Waals surface area (Å²) in [6.45, 7) is 4.66. The smallest absolute Gasteiger partial charge is 0.294 e. The summed E-state index contributed by atoms with van der Waals surface area (Å²) in [5, 5.41) is -0.396. The monoisotopic (exact) mass is 318 g/mol. The third kappa shape index (κ3) is 3.57. The van der Waals surface area contributed by atoms with Crippen LogP contribution in [0, 0.1) is 0 Å². The molecule has 1 aliphatic rings. The molecule has 0 spiro atoms. The van der Waals surface area contributed by atoms with Crippen molar-refractivity contribution in [3.05, 3.63) is 40.8 Å². The molecule has 116 valence electrons. The standard InChI is InChI=1S/C16H18N2O3S/c1-3-17(4-2)14(19)11-18-15(20)13(22-16(18)21)10-12-8-6-5-7-9-12/h5-10H,3-4,11H2,1-2H3/b13-10+. The van der Waals surface area contributed by atoms with Crippen molar-refractivity contribution in [2.45, 2.75) is 13.8 Å². The number of amides is 3. The van der Waals surface area contributed by atoms with Gasteiger partial charge in [-0.1, -0.05) is 30.3 Å². The molecule has 1 aromatic rings. The topological polar surface area (TPSA) is 57.7 Å². The van der Waals surface area contributed by atoms with E-state index in [4.69, 9.17) is 0 Å². The highest BCUT2D eigenvalue weighted by Crippen LogP contribution is 2.32. The van der Waals surface area contributed by atoms with Crippen LogP contribution in [0.3, 0.4) is 0 Å². The zero-order valence-electron chi connectivity index (χ0n) is 12.6. The molecule has 0 unspecified atom stereocenters. The van der Waals surface area contributed by atoms with Gasteiger partial charge in [-0.05, 0) is 37.2 Å². The molecule has 1 aliphatic heterocycles. The fourth-order valence-electron chi connectivity index (χ4n) is 2.15. The number of carbonyl (C=O) groups excluding carboxylic acids is 3. The van der Waals surface area contributed by atoms with E-state index < -0.39 is 11.1 Å². The van der Waals surface area contributed by atoms with Crippen molar-refractivity contribution in [1.82, 2.24) is 9.80 Å². The number of carbonyl (C=O) groups is 3. The van der Waals surface area contributed by atoms with Gasteiger partial charge in [-0.2, -0.15) is 0 Å². The van der Waals surface area contributed by atoms with Crippen LogP contribution in [0.1, 0.15) is 19.4 Å². The molecule has 1 fully saturated rings. The molecule has 0 radical (unpaired) electrons. The quantitative estimate of drug-likeness (QED) is 0.783. The Hall–Kier alpha value is -2.08. The van der Waals surface area contributed by atoms with Gasteiger partial charge in [0, 0.05) is 13.1 Å². The summed E-state index contributed by atoms with van der Waals surface area (Å²) >= 11 is 0.873. The van der Waals surface area contributed by atoms with Gasteiger partial charge in [0.15, 0.2) is 0 Å². The van der Waals surface area contributed by atoms with E-state index >= 15 is 0 Å². The summed E-state index contributed by atoms with van der Waals surface area (Å²) in [6, 6.07) is 9.32. The predicted octanol–water partition coefficient (Wildman–Crippen LogP) is 2.59. The Balaban J connectivity index is 2.12. The summed E-state index contributed by atoms with van der Waals surface area (Å²) in [5.74, 6) is -0.618. The summed E-state index contributed by atoms with van der Waals surface area (Å²) in [4.78, 5) is 39.3. The average molecular weight is 318 g/mol.